The van der Waals surface area contributed by atoms with E-state index < -0.39 is 0 Å². The summed E-state index contributed by atoms with van der Waals surface area (Å²) in [5.41, 5.74) is 6.66. The van der Waals surface area contributed by atoms with Crippen molar-refractivity contribution < 1.29 is 0 Å². The van der Waals surface area contributed by atoms with Crippen LogP contribution in [0.4, 0.5) is 5.69 Å². The lowest BCUT2D eigenvalue weighted by Crippen LogP contribution is -2.24. The lowest BCUT2D eigenvalue weighted by atomic mass is 9.96. The summed E-state index contributed by atoms with van der Waals surface area (Å²) < 4.78 is 3.53. The first-order chi connectivity index (χ1) is 21.5. The van der Waals surface area contributed by atoms with Gasteiger partial charge in [-0.05, 0) is 32.4 Å². The van der Waals surface area contributed by atoms with E-state index in [4.69, 9.17) is 0 Å². The van der Waals surface area contributed by atoms with E-state index in [1.54, 1.807) is 21.8 Å². The van der Waals surface area contributed by atoms with Gasteiger partial charge in [0, 0.05) is 55.4 Å². The number of nitrogens with zero attached hydrogens (tertiary/aromatic N) is 9. The van der Waals surface area contributed by atoms with E-state index in [1.807, 2.05) is 26.2 Å². The molecule has 1 N–H and O–H groups in total. The Labute approximate surface area is 264 Å². The van der Waals surface area contributed by atoms with Crippen LogP contribution in [0.2, 0.25) is 0 Å². The number of rotatable bonds is 3. The maximum absolute atomic E-state index is 4.40. The molecule has 0 atom stereocenters. The molecule has 3 aromatic heterocycles. The molecular weight excluding hydrogens is 548 g/mol. The van der Waals surface area contributed by atoms with Gasteiger partial charge in [-0.25, -0.2) is 0 Å². The van der Waals surface area contributed by atoms with Crippen molar-refractivity contribution in [3.8, 4) is 22.5 Å². The van der Waals surface area contributed by atoms with Crippen LogP contribution in [-0.2, 0) is 19.6 Å². The Morgan fingerprint density at radius 1 is 0.591 bits per heavy atom. The summed E-state index contributed by atoms with van der Waals surface area (Å²) in [7, 11) is 0. The molecule has 0 aliphatic carbocycles. The van der Waals surface area contributed by atoms with Crippen molar-refractivity contribution in [2.45, 2.75) is 101 Å². The standard InChI is InChI=1S/C17H16N4.2C4H7N3.3C3H8/c1-2-21-11-12-7-3-4-8-13(12)16-17(19-20-18-16)14-9-5-6-10-15(14)21;2*1-2-7-4-3-5-6-7;3*1-3-2/h3-10H,2,11H2,1H3,(H,18,19,20);2*3-4H,2H2,1H3;3*3H2,1-2H3. The molecule has 0 spiro atoms. The van der Waals surface area contributed by atoms with E-state index >= 15 is 0 Å². The van der Waals surface area contributed by atoms with Gasteiger partial charge >= 0.3 is 0 Å². The number of hydrogen-bond donors (Lipinski definition) is 1. The smallest absolute Gasteiger partial charge is 0.122 e. The van der Waals surface area contributed by atoms with Gasteiger partial charge < -0.3 is 4.90 Å². The highest BCUT2D eigenvalue weighted by Gasteiger charge is 2.23. The molecule has 2 aromatic carbocycles. The molecule has 0 saturated carbocycles. The molecule has 10 nitrogen and oxygen atoms in total. The molecular formula is C34H54N10. The first-order valence-corrected chi connectivity index (χ1v) is 16.0. The number of para-hydroxylation sites is 1. The number of aryl methyl sites for hydroxylation is 2. The summed E-state index contributed by atoms with van der Waals surface area (Å²) in [5.74, 6) is 0. The minimum Gasteiger partial charge on any atom is -0.367 e. The summed E-state index contributed by atoms with van der Waals surface area (Å²) in [6.45, 7) is 22.6. The van der Waals surface area contributed by atoms with Gasteiger partial charge in [0.25, 0.3) is 0 Å². The van der Waals surface area contributed by atoms with Crippen LogP contribution in [0.5, 0.6) is 0 Å². The molecule has 1 aliphatic rings. The van der Waals surface area contributed by atoms with E-state index in [1.165, 1.54) is 30.5 Å². The fourth-order valence-corrected chi connectivity index (χ4v) is 3.82. The van der Waals surface area contributed by atoms with Gasteiger partial charge in [-0.2, -0.15) is 15.4 Å². The van der Waals surface area contributed by atoms with Crippen molar-refractivity contribution in [1.29, 1.82) is 0 Å². The van der Waals surface area contributed by atoms with Crippen LogP contribution < -0.4 is 4.90 Å². The van der Waals surface area contributed by atoms with Gasteiger partial charge in [0.15, 0.2) is 0 Å². The maximum atomic E-state index is 4.40. The van der Waals surface area contributed by atoms with Crippen LogP contribution in [0.15, 0.2) is 73.3 Å². The third-order valence-corrected chi connectivity index (χ3v) is 5.66. The normalized spacial score (nSPS) is 10.3. The molecule has 240 valence electrons. The number of benzene rings is 2. The second kappa shape index (κ2) is 23.2. The molecule has 0 unspecified atom stereocenters. The minimum absolute atomic E-state index is 0.885. The van der Waals surface area contributed by atoms with Crippen LogP contribution in [0.3, 0.4) is 0 Å². The van der Waals surface area contributed by atoms with Gasteiger partial charge in [0.2, 0.25) is 0 Å². The van der Waals surface area contributed by atoms with Gasteiger partial charge in [-0.1, -0.05) is 114 Å². The molecule has 44 heavy (non-hydrogen) atoms. The number of H-pyrrole nitrogens is 1. The lowest BCUT2D eigenvalue weighted by molar-refractivity contribution is 0.627. The highest BCUT2D eigenvalue weighted by molar-refractivity contribution is 5.87. The molecule has 5 aromatic rings. The van der Waals surface area contributed by atoms with E-state index in [9.17, 15) is 0 Å². The van der Waals surface area contributed by atoms with Crippen molar-refractivity contribution in [3.63, 3.8) is 0 Å². The SMILES string of the molecule is CCC.CCC.CCC.CCN1Cc2ccccc2-c2n[nH]nc2-c2ccccc21.CCn1ccnn1.CCn1ccnn1. The maximum Gasteiger partial charge on any atom is 0.122 e. The average molecular weight is 603 g/mol. The largest absolute Gasteiger partial charge is 0.367 e. The molecule has 6 rings (SSSR count). The molecule has 1 aliphatic heterocycles. The number of hydrogen-bond acceptors (Lipinski definition) is 7. The van der Waals surface area contributed by atoms with Crippen LogP contribution in [-0.4, -0.2) is 51.9 Å². The topological polar surface area (TPSA) is 106 Å². The van der Waals surface area contributed by atoms with Gasteiger partial charge in [0.1, 0.15) is 11.4 Å². The van der Waals surface area contributed by atoms with Crippen molar-refractivity contribution >= 4 is 5.69 Å². The Morgan fingerprint density at radius 3 is 1.48 bits per heavy atom. The second-order valence-corrected chi connectivity index (χ2v) is 9.85. The Morgan fingerprint density at radius 2 is 1.05 bits per heavy atom. The van der Waals surface area contributed by atoms with E-state index in [2.05, 4.69) is 138 Å². The number of nitrogens with one attached hydrogen (secondary N) is 1. The Bertz CT molecular complexity index is 1310. The zero-order chi connectivity index (χ0) is 32.6. The Balaban J connectivity index is 0.000000345. The van der Waals surface area contributed by atoms with Gasteiger partial charge in [-0.15, -0.1) is 10.2 Å². The fourth-order valence-electron chi connectivity index (χ4n) is 3.82. The van der Waals surface area contributed by atoms with Crippen molar-refractivity contribution in [2.24, 2.45) is 0 Å². The summed E-state index contributed by atoms with van der Waals surface area (Å²) in [5, 5.41) is 26.2. The third-order valence-electron chi connectivity index (χ3n) is 5.66. The number of aromatic nitrogens is 9. The quantitative estimate of drug-likeness (QED) is 0.221. The lowest BCUT2D eigenvalue weighted by Gasteiger charge is -2.28. The van der Waals surface area contributed by atoms with Crippen molar-refractivity contribution in [3.05, 3.63) is 78.9 Å². The molecule has 10 heteroatoms. The fraction of sp³-hybridized carbons (Fsp3) is 0.471. The highest BCUT2D eigenvalue weighted by atomic mass is 15.4. The predicted molar refractivity (Wildman–Crippen MR) is 183 cm³/mol. The summed E-state index contributed by atoms with van der Waals surface area (Å²) in [6.07, 6.45) is 10.8. The molecule has 0 amide bonds. The zero-order valence-corrected chi connectivity index (χ0v) is 28.4. The van der Waals surface area contributed by atoms with Crippen LogP contribution in [0, 0.1) is 0 Å². The summed E-state index contributed by atoms with van der Waals surface area (Å²) in [6, 6.07) is 16.8. The summed E-state index contributed by atoms with van der Waals surface area (Å²) in [4.78, 5) is 2.38. The Hall–Kier alpha value is -4.34. The second-order valence-electron chi connectivity index (χ2n) is 9.85. The van der Waals surface area contributed by atoms with Crippen molar-refractivity contribution in [1.82, 2.24) is 45.4 Å². The molecule has 0 bridgehead atoms. The first-order valence-electron chi connectivity index (χ1n) is 16.0. The van der Waals surface area contributed by atoms with Crippen molar-refractivity contribution in [2.75, 3.05) is 11.4 Å². The number of aromatic amines is 1. The minimum atomic E-state index is 0.885. The molecule has 0 fully saturated rings. The molecule has 0 saturated heterocycles. The van der Waals surface area contributed by atoms with E-state index in [0.717, 1.165) is 48.7 Å². The third kappa shape index (κ3) is 12.5. The average Bonchev–Trinajstić information content (AvgIpc) is 3.85. The monoisotopic (exact) mass is 602 g/mol. The van der Waals surface area contributed by atoms with E-state index in [0.29, 0.717) is 0 Å². The zero-order valence-electron chi connectivity index (χ0n) is 28.4. The highest BCUT2D eigenvalue weighted by Crippen LogP contribution is 2.39. The van der Waals surface area contributed by atoms with Crippen LogP contribution in [0.1, 0.15) is 87.1 Å². The predicted octanol–water partition coefficient (Wildman–Crippen LogP) is 8.32. The van der Waals surface area contributed by atoms with Gasteiger partial charge in [0.05, 0.1) is 12.4 Å². The van der Waals surface area contributed by atoms with Gasteiger partial charge in [-0.3, -0.25) is 9.36 Å². The van der Waals surface area contributed by atoms with Crippen LogP contribution >= 0.6 is 0 Å². The molecule has 4 heterocycles. The molecule has 0 radical (unpaired) electrons. The summed E-state index contributed by atoms with van der Waals surface area (Å²) >= 11 is 0. The van der Waals surface area contributed by atoms with E-state index in [-0.39, 0.29) is 0 Å². The number of fused-ring (bicyclic) bond motifs is 5. The first kappa shape index (κ1) is 37.7. The Kier molecular flexibility index (Phi) is 19.8. The van der Waals surface area contributed by atoms with Crippen LogP contribution in [0.25, 0.3) is 22.5 Å². The number of anilines is 1.